The Balaban J connectivity index is 1.49. The largest absolute Gasteiger partial charge is 0.508 e. The van der Waals surface area contributed by atoms with Crippen LogP contribution >= 0.6 is 15.9 Å². The minimum absolute atomic E-state index is 0.224. The summed E-state index contributed by atoms with van der Waals surface area (Å²) in [7, 11) is 0. The van der Waals surface area contributed by atoms with E-state index in [2.05, 4.69) is 31.0 Å². The third-order valence-electron chi connectivity index (χ3n) is 5.95. The van der Waals surface area contributed by atoms with Crippen LogP contribution < -0.4 is 5.32 Å². The Morgan fingerprint density at radius 1 is 1.07 bits per heavy atom. The van der Waals surface area contributed by atoms with Gasteiger partial charge in [-0.05, 0) is 81.2 Å². The van der Waals surface area contributed by atoms with Gasteiger partial charge < -0.3 is 20.2 Å². The predicted molar refractivity (Wildman–Crippen MR) is 122 cm³/mol. The molecule has 0 aromatic heterocycles. The molecule has 2 aliphatic rings. The van der Waals surface area contributed by atoms with Gasteiger partial charge in [0, 0.05) is 34.9 Å². The van der Waals surface area contributed by atoms with Crippen LogP contribution in [0.2, 0.25) is 0 Å². The number of aliphatic imine (C=N–C) groups is 1. The van der Waals surface area contributed by atoms with E-state index in [1.807, 2.05) is 12.1 Å². The summed E-state index contributed by atoms with van der Waals surface area (Å²) in [6.45, 7) is 4.55. The maximum absolute atomic E-state index is 14.2. The second kappa shape index (κ2) is 9.79. The van der Waals surface area contributed by atoms with Gasteiger partial charge in [-0.1, -0.05) is 15.9 Å². The van der Waals surface area contributed by atoms with Crippen LogP contribution in [0.15, 0.2) is 51.9 Å². The van der Waals surface area contributed by atoms with Crippen LogP contribution in [-0.2, 0) is 6.54 Å². The fourth-order valence-electron chi connectivity index (χ4n) is 4.27. The normalized spacial score (nSPS) is 18.7. The molecule has 4 rings (SSSR count). The van der Waals surface area contributed by atoms with E-state index in [-0.39, 0.29) is 18.1 Å². The van der Waals surface area contributed by atoms with E-state index < -0.39 is 0 Å². The van der Waals surface area contributed by atoms with Gasteiger partial charge in [-0.3, -0.25) is 0 Å². The van der Waals surface area contributed by atoms with Gasteiger partial charge in [0.2, 0.25) is 0 Å². The van der Waals surface area contributed by atoms with Crippen molar-refractivity contribution >= 4 is 27.6 Å². The highest BCUT2D eigenvalue weighted by molar-refractivity contribution is 9.10. The number of hydrogen-bond acceptors (Lipinski definition) is 3. The summed E-state index contributed by atoms with van der Waals surface area (Å²) >= 11 is 3.41. The Morgan fingerprint density at radius 2 is 1.77 bits per heavy atom. The van der Waals surface area contributed by atoms with E-state index in [1.165, 1.54) is 32.0 Å². The second-order valence-electron chi connectivity index (χ2n) is 8.01. The molecule has 2 aromatic carbocycles. The molecule has 2 N–H and O–H groups in total. The quantitative estimate of drug-likeness (QED) is 0.378. The van der Waals surface area contributed by atoms with Crippen molar-refractivity contribution in [3.05, 3.63) is 58.3 Å². The first-order valence-corrected chi connectivity index (χ1v) is 11.4. The summed E-state index contributed by atoms with van der Waals surface area (Å²) < 4.78 is 15.0. The lowest BCUT2D eigenvalue weighted by Crippen LogP contribution is -2.47. The van der Waals surface area contributed by atoms with E-state index in [9.17, 15) is 9.50 Å². The van der Waals surface area contributed by atoms with Gasteiger partial charge in [0.1, 0.15) is 11.6 Å². The predicted octanol–water partition coefficient (Wildman–Crippen LogP) is 4.82. The molecule has 2 aliphatic heterocycles. The number of guanidine groups is 1. The highest BCUT2D eigenvalue weighted by atomic mass is 79.9. The average Bonchev–Trinajstić information content (AvgIpc) is 3.30. The number of likely N-dealkylation sites (tertiary alicyclic amines) is 2. The SMILES string of the molecule is Oc1ccc(NC(=NCc2cc(Br)ccc2F)N2CCC(N3CCCC3)CC2)cc1. The molecule has 0 atom stereocenters. The van der Waals surface area contributed by atoms with Crippen molar-refractivity contribution in [3.63, 3.8) is 0 Å². The van der Waals surface area contributed by atoms with Gasteiger partial charge in [0.15, 0.2) is 5.96 Å². The number of benzene rings is 2. The van der Waals surface area contributed by atoms with Gasteiger partial charge in [-0.25, -0.2) is 9.38 Å². The van der Waals surface area contributed by atoms with Crippen molar-refractivity contribution in [1.29, 1.82) is 0 Å². The first kappa shape index (κ1) is 21.1. The Labute approximate surface area is 185 Å². The van der Waals surface area contributed by atoms with Crippen molar-refractivity contribution < 1.29 is 9.50 Å². The summed E-state index contributed by atoms with van der Waals surface area (Å²) in [5.41, 5.74) is 1.41. The van der Waals surface area contributed by atoms with Crippen molar-refractivity contribution in [2.75, 3.05) is 31.5 Å². The summed E-state index contributed by atoms with van der Waals surface area (Å²) in [5, 5.41) is 12.9. The molecule has 160 valence electrons. The topological polar surface area (TPSA) is 51.1 Å². The minimum atomic E-state index is -0.251. The Hall–Kier alpha value is -2.12. The first-order chi connectivity index (χ1) is 14.6. The van der Waals surface area contributed by atoms with Gasteiger partial charge in [0.25, 0.3) is 0 Å². The van der Waals surface area contributed by atoms with Crippen molar-refractivity contribution in [2.24, 2.45) is 4.99 Å². The number of halogens is 2. The molecule has 2 aromatic rings. The molecule has 7 heteroatoms. The lowest BCUT2D eigenvalue weighted by atomic mass is 10.0. The fourth-order valence-corrected chi connectivity index (χ4v) is 4.68. The Morgan fingerprint density at radius 3 is 2.47 bits per heavy atom. The van der Waals surface area contributed by atoms with Crippen LogP contribution in [0.25, 0.3) is 0 Å². The molecule has 0 radical (unpaired) electrons. The standard InChI is InChI=1S/C23H28BrFN4O/c24-18-3-8-22(25)17(15-18)16-26-23(27-19-4-6-21(30)7-5-19)29-13-9-20(10-14-29)28-11-1-2-12-28/h3-8,15,20,30H,1-2,9-14,16H2,(H,26,27). The molecule has 2 fully saturated rings. The van der Waals surface area contributed by atoms with Crippen molar-refractivity contribution in [3.8, 4) is 5.75 Å². The first-order valence-electron chi connectivity index (χ1n) is 10.6. The molecular formula is C23H28BrFN4O. The maximum atomic E-state index is 14.2. The third kappa shape index (κ3) is 5.32. The van der Waals surface area contributed by atoms with Gasteiger partial charge >= 0.3 is 0 Å². The summed E-state index contributed by atoms with van der Waals surface area (Å²) in [6, 6.07) is 12.5. The number of aromatic hydroxyl groups is 1. The number of phenols is 1. The molecule has 2 saturated heterocycles. The lowest BCUT2D eigenvalue weighted by molar-refractivity contribution is 0.163. The van der Waals surface area contributed by atoms with E-state index in [1.54, 1.807) is 24.3 Å². The maximum Gasteiger partial charge on any atom is 0.198 e. The number of piperidine rings is 1. The van der Waals surface area contributed by atoms with Crippen LogP contribution in [0.3, 0.4) is 0 Å². The molecule has 0 spiro atoms. The monoisotopic (exact) mass is 474 g/mol. The number of phenolic OH excluding ortho intramolecular Hbond substituents is 1. The Kier molecular flexibility index (Phi) is 6.89. The van der Waals surface area contributed by atoms with Gasteiger partial charge in [0.05, 0.1) is 6.54 Å². The highest BCUT2D eigenvalue weighted by Gasteiger charge is 2.27. The zero-order valence-electron chi connectivity index (χ0n) is 17.0. The summed E-state index contributed by atoms with van der Waals surface area (Å²) in [5.74, 6) is 0.722. The summed E-state index contributed by atoms with van der Waals surface area (Å²) in [4.78, 5) is 9.64. The lowest BCUT2D eigenvalue weighted by Gasteiger charge is -2.38. The highest BCUT2D eigenvalue weighted by Crippen LogP contribution is 2.23. The minimum Gasteiger partial charge on any atom is -0.508 e. The van der Waals surface area contributed by atoms with Gasteiger partial charge in [-0.2, -0.15) is 0 Å². The van der Waals surface area contributed by atoms with Gasteiger partial charge in [-0.15, -0.1) is 0 Å². The zero-order valence-corrected chi connectivity index (χ0v) is 18.6. The van der Waals surface area contributed by atoms with E-state index in [4.69, 9.17) is 4.99 Å². The summed E-state index contributed by atoms with van der Waals surface area (Å²) in [6.07, 6.45) is 4.85. The van der Waals surface area contributed by atoms with Crippen LogP contribution in [0.5, 0.6) is 5.75 Å². The second-order valence-corrected chi connectivity index (χ2v) is 8.92. The van der Waals surface area contributed by atoms with Crippen molar-refractivity contribution in [1.82, 2.24) is 9.80 Å². The van der Waals surface area contributed by atoms with Crippen molar-refractivity contribution in [2.45, 2.75) is 38.3 Å². The number of nitrogens with zero attached hydrogens (tertiary/aromatic N) is 3. The molecule has 0 aliphatic carbocycles. The zero-order chi connectivity index (χ0) is 20.9. The molecule has 0 amide bonds. The van der Waals surface area contributed by atoms with E-state index in [0.717, 1.165) is 42.1 Å². The number of nitrogens with one attached hydrogen (secondary N) is 1. The fraction of sp³-hybridized carbons (Fsp3) is 0.435. The average molecular weight is 475 g/mol. The number of rotatable bonds is 4. The number of anilines is 1. The molecule has 30 heavy (non-hydrogen) atoms. The van der Waals surface area contributed by atoms with Crippen LogP contribution in [-0.4, -0.2) is 53.1 Å². The third-order valence-corrected chi connectivity index (χ3v) is 6.44. The molecule has 0 bridgehead atoms. The van der Waals surface area contributed by atoms with E-state index >= 15 is 0 Å². The van der Waals surface area contributed by atoms with Crippen LogP contribution in [0.4, 0.5) is 10.1 Å². The van der Waals surface area contributed by atoms with Crippen LogP contribution in [0.1, 0.15) is 31.2 Å². The van der Waals surface area contributed by atoms with Crippen LogP contribution in [0, 0.1) is 5.82 Å². The smallest absolute Gasteiger partial charge is 0.198 e. The molecule has 2 heterocycles. The number of hydrogen-bond donors (Lipinski definition) is 2. The Bertz CT molecular complexity index is 875. The molecule has 0 unspecified atom stereocenters. The molecule has 5 nitrogen and oxygen atoms in total. The van der Waals surface area contributed by atoms with E-state index in [0.29, 0.717) is 11.6 Å². The molecular weight excluding hydrogens is 447 g/mol. The molecule has 0 saturated carbocycles.